The molecule has 0 saturated heterocycles. The molecule has 0 bridgehead atoms. The van der Waals surface area contributed by atoms with Crippen molar-refractivity contribution in [3.8, 4) is 0 Å². The number of benzene rings is 3. The van der Waals surface area contributed by atoms with Gasteiger partial charge in [0.15, 0.2) is 5.82 Å². The van der Waals surface area contributed by atoms with E-state index in [1.807, 2.05) is 55.1 Å². The molecule has 0 radical (unpaired) electrons. The maximum atomic E-state index is 10.5. The first-order valence-electron chi connectivity index (χ1n) is 11.3. The summed E-state index contributed by atoms with van der Waals surface area (Å²) in [5.41, 5.74) is 4.35. The first-order valence-corrected chi connectivity index (χ1v) is 11.3. The Kier molecular flexibility index (Phi) is 5.56. The van der Waals surface area contributed by atoms with E-state index in [0.717, 1.165) is 27.8 Å². The number of nitrogens with zero attached hydrogens (tertiary/aromatic N) is 4. The van der Waals surface area contributed by atoms with Crippen LogP contribution in [0.4, 0.5) is 5.82 Å². The van der Waals surface area contributed by atoms with Crippen molar-refractivity contribution in [3.05, 3.63) is 102 Å². The van der Waals surface area contributed by atoms with Gasteiger partial charge < -0.3 is 14.6 Å². The molecule has 5 nitrogen and oxygen atoms in total. The number of hydrogen-bond acceptors (Lipinski definition) is 4. The van der Waals surface area contributed by atoms with Crippen molar-refractivity contribution in [2.75, 3.05) is 4.90 Å². The van der Waals surface area contributed by atoms with Crippen LogP contribution >= 0.6 is 0 Å². The van der Waals surface area contributed by atoms with Crippen molar-refractivity contribution in [1.29, 1.82) is 0 Å². The second kappa shape index (κ2) is 8.68. The van der Waals surface area contributed by atoms with Crippen molar-refractivity contribution >= 4 is 27.8 Å². The van der Waals surface area contributed by atoms with E-state index in [0.29, 0.717) is 19.6 Å². The van der Waals surface area contributed by atoms with Crippen LogP contribution in [-0.4, -0.2) is 25.2 Å². The van der Waals surface area contributed by atoms with E-state index < -0.39 is 5.60 Å². The quantitative estimate of drug-likeness (QED) is 0.363. The Morgan fingerprint density at radius 3 is 2.00 bits per heavy atom. The van der Waals surface area contributed by atoms with Gasteiger partial charge in [-0.05, 0) is 31.0 Å². The van der Waals surface area contributed by atoms with Gasteiger partial charge in [-0.1, -0.05) is 78.9 Å². The summed E-state index contributed by atoms with van der Waals surface area (Å²) in [5, 5.41) is 11.6. The van der Waals surface area contributed by atoms with Gasteiger partial charge in [-0.2, -0.15) is 0 Å². The molecule has 0 aliphatic rings. The average molecular weight is 437 g/mol. The highest BCUT2D eigenvalue weighted by atomic mass is 16.3. The molecule has 1 N–H and O–H groups in total. The lowest BCUT2D eigenvalue weighted by Gasteiger charge is -2.25. The molecular weight excluding hydrogens is 408 g/mol. The Labute approximate surface area is 194 Å². The summed E-state index contributed by atoms with van der Waals surface area (Å²) >= 11 is 0. The number of imidazole rings is 1. The molecule has 0 spiro atoms. The third kappa shape index (κ3) is 4.59. The number of anilines is 1. The molecule has 2 aromatic heterocycles. The van der Waals surface area contributed by atoms with Gasteiger partial charge in [-0.25, -0.2) is 9.97 Å². The fourth-order valence-electron chi connectivity index (χ4n) is 4.34. The van der Waals surface area contributed by atoms with Crippen LogP contribution in [0.3, 0.4) is 0 Å². The smallest absolute Gasteiger partial charge is 0.158 e. The Bertz CT molecular complexity index is 1330. The zero-order chi connectivity index (χ0) is 22.8. The minimum absolute atomic E-state index is 0.453. The van der Waals surface area contributed by atoms with E-state index in [9.17, 15) is 5.11 Å². The second-order valence-electron chi connectivity index (χ2n) is 9.16. The first kappa shape index (κ1) is 21.2. The molecule has 0 saturated carbocycles. The standard InChI is InChI=1S/C28H28N4O/c1-28(2,33)19-32-20-29-25-26(32)23-15-9-10-16-24(23)30-27(25)31(17-21-11-5-3-6-12-21)18-22-13-7-4-8-14-22/h3-16,20,33H,17-19H2,1-2H3. The molecule has 5 heteroatoms. The number of pyridine rings is 1. The van der Waals surface area contributed by atoms with E-state index in [1.165, 1.54) is 11.1 Å². The summed E-state index contributed by atoms with van der Waals surface area (Å²) in [4.78, 5) is 12.2. The molecular formula is C28H28N4O. The SMILES string of the molecule is CC(C)(O)Cn1cnc2c(N(Cc3ccccc3)Cc3ccccc3)nc3ccccc3c21. The van der Waals surface area contributed by atoms with Gasteiger partial charge in [0.25, 0.3) is 0 Å². The predicted octanol–water partition coefficient (Wildman–Crippen LogP) is 5.56. The summed E-state index contributed by atoms with van der Waals surface area (Å²) < 4.78 is 2.05. The van der Waals surface area contributed by atoms with Crippen LogP contribution in [0, 0.1) is 0 Å². The molecule has 0 amide bonds. The topological polar surface area (TPSA) is 54.2 Å². The van der Waals surface area contributed by atoms with Crippen molar-refractivity contribution in [3.63, 3.8) is 0 Å². The Morgan fingerprint density at radius 1 is 0.818 bits per heavy atom. The van der Waals surface area contributed by atoms with Crippen LogP contribution in [0.2, 0.25) is 0 Å². The van der Waals surface area contributed by atoms with Gasteiger partial charge in [-0.3, -0.25) is 0 Å². The number of para-hydroxylation sites is 1. The van der Waals surface area contributed by atoms with E-state index in [1.54, 1.807) is 0 Å². The minimum Gasteiger partial charge on any atom is -0.389 e. The normalized spacial score (nSPS) is 11.8. The second-order valence-corrected chi connectivity index (χ2v) is 9.16. The summed E-state index contributed by atoms with van der Waals surface area (Å²) in [6.07, 6.45) is 1.82. The molecule has 0 atom stereocenters. The maximum absolute atomic E-state index is 10.5. The van der Waals surface area contributed by atoms with Gasteiger partial charge in [0.2, 0.25) is 0 Å². The van der Waals surface area contributed by atoms with Gasteiger partial charge in [-0.15, -0.1) is 0 Å². The Balaban J connectivity index is 1.69. The van der Waals surface area contributed by atoms with Gasteiger partial charge in [0, 0.05) is 18.5 Å². The van der Waals surface area contributed by atoms with Gasteiger partial charge >= 0.3 is 0 Å². The summed E-state index contributed by atoms with van der Waals surface area (Å²) in [6, 6.07) is 29.1. The molecule has 166 valence electrons. The van der Waals surface area contributed by atoms with Crippen LogP contribution < -0.4 is 4.90 Å². The molecule has 33 heavy (non-hydrogen) atoms. The largest absolute Gasteiger partial charge is 0.389 e. The molecule has 3 aromatic carbocycles. The van der Waals surface area contributed by atoms with Crippen molar-refractivity contribution in [1.82, 2.24) is 14.5 Å². The molecule has 5 rings (SSSR count). The van der Waals surface area contributed by atoms with Crippen LogP contribution in [0.25, 0.3) is 21.9 Å². The lowest BCUT2D eigenvalue weighted by Crippen LogP contribution is -2.26. The number of aliphatic hydroxyl groups is 1. The van der Waals surface area contributed by atoms with E-state index in [4.69, 9.17) is 9.97 Å². The fourth-order valence-corrected chi connectivity index (χ4v) is 4.34. The predicted molar refractivity (Wildman–Crippen MR) is 134 cm³/mol. The number of aromatic nitrogens is 3. The molecule has 0 fully saturated rings. The highest BCUT2D eigenvalue weighted by Gasteiger charge is 2.22. The summed E-state index contributed by atoms with van der Waals surface area (Å²) in [5.74, 6) is 0.853. The van der Waals surface area contributed by atoms with Gasteiger partial charge in [0.05, 0.1) is 29.5 Å². The lowest BCUT2D eigenvalue weighted by atomic mass is 10.1. The van der Waals surface area contributed by atoms with Crippen molar-refractivity contribution in [2.24, 2.45) is 0 Å². The van der Waals surface area contributed by atoms with E-state index in [2.05, 4.69) is 59.5 Å². The summed E-state index contributed by atoms with van der Waals surface area (Å²) in [7, 11) is 0. The van der Waals surface area contributed by atoms with Crippen LogP contribution in [-0.2, 0) is 19.6 Å². The number of fused-ring (bicyclic) bond motifs is 3. The zero-order valence-corrected chi connectivity index (χ0v) is 19.0. The fraction of sp³-hybridized carbons (Fsp3) is 0.214. The molecule has 0 unspecified atom stereocenters. The monoisotopic (exact) mass is 436 g/mol. The summed E-state index contributed by atoms with van der Waals surface area (Å²) in [6.45, 7) is 5.53. The van der Waals surface area contributed by atoms with Crippen LogP contribution in [0.1, 0.15) is 25.0 Å². The van der Waals surface area contributed by atoms with Crippen molar-refractivity contribution < 1.29 is 5.11 Å². The van der Waals surface area contributed by atoms with E-state index in [-0.39, 0.29) is 0 Å². The molecule has 2 heterocycles. The molecule has 0 aliphatic heterocycles. The molecule has 5 aromatic rings. The van der Waals surface area contributed by atoms with Gasteiger partial charge in [0.1, 0.15) is 5.52 Å². The third-order valence-corrected chi connectivity index (χ3v) is 5.72. The molecule has 0 aliphatic carbocycles. The number of rotatable bonds is 7. The number of hydrogen-bond donors (Lipinski definition) is 1. The maximum Gasteiger partial charge on any atom is 0.158 e. The van der Waals surface area contributed by atoms with Crippen LogP contribution in [0.15, 0.2) is 91.3 Å². The third-order valence-electron chi connectivity index (χ3n) is 5.72. The lowest BCUT2D eigenvalue weighted by molar-refractivity contribution is 0.0627. The minimum atomic E-state index is -0.855. The first-order chi connectivity index (χ1) is 16.0. The average Bonchev–Trinajstić information content (AvgIpc) is 3.22. The van der Waals surface area contributed by atoms with E-state index >= 15 is 0 Å². The Morgan fingerprint density at radius 2 is 1.39 bits per heavy atom. The van der Waals surface area contributed by atoms with Crippen LogP contribution in [0.5, 0.6) is 0 Å². The zero-order valence-electron chi connectivity index (χ0n) is 19.0. The Hall–Kier alpha value is -3.70. The highest BCUT2D eigenvalue weighted by Crippen LogP contribution is 2.33. The van der Waals surface area contributed by atoms with Crippen molar-refractivity contribution in [2.45, 2.75) is 39.1 Å². The highest BCUT2D eigenvalue weighted by molar-refractivity contribution is 6.06.